The van der Waals surface area contributed by atoms with Gasteiger partial charge in [-0.3, -0.25) is 0 Å². The molecule has 0 saturated carbocycles. The van der Waals surface area contributed by atoms with Crippen molar-refractivity contribution in [1.29, 1.82) is 0 Å². The molecule has 2 rings (SSSR count). The second kappa shape index (κ2) is 10.3. The van der Waals surface area contributed by atoms with Gasteiger partial charge in [0.1, 0.15) is 6.54 Å². The lowest BCUT2D eigenvalue weighted by Gasteiger charge is -2.22. The maximum absolute atomic E-state index is 5.39. The highest BCUT2D eigenvalue weighted by atomic mass is 127. The number of guanidine groups is 1. The lowest BCUT2D eigenvalue weighted by atomic mass is 9.97. The number of nitrogens with zero attached hydrogens (tertiary/aromatic N) is 3. The highest BCUT2D eigenvalue weighted by Crippen LogP contribution is 2.23. The summed E-state index contributed by atoms with van der Waals surface area (Å²) < 4.78 is 5.39. The van der Waals surface area contributed by atoms with Crippen LogP contribution in [0.15, 0.2) is 15.6 Å². The van der Waals surface area contributed by atoms with Gasteiger partial charge in [0.2, 0.25) is 0 Å². The van der Waals surface area contributed by atoms with Crippen LogP contribution in [0.4, 0.5) is 0 Å². The maximum Gasteiger partial charge on any atom is 0.194 e. The van der Waals surface area contributed by atoms with Crippen molar-refractivity contribution in [2.45, 2.75) is 59.9 Å². The number of halogens is 1. The van der Waals surface area contributed by atoms with E-state index in [9.17, 15) is 0 Å². The summed E-state index contributed by atoms with van der Waals surface area (Å²) in [5.74, 6) is 3.78. The quantitative estimate of drug-likeness (QED) is 0.402. The molecule has 138 valence electrons. The smallest absolute Gasteiger partial charge is 0.194 e. The number of hydrogen-bond donors (Lipinski definition) is 1. The molecule has 1 aliphatic heterocycles. The van der Waals surface area contributed by atoms with Gasteiger partial charge in [-0.1, -0.05) is 32.9 Å². The van der Waals surface area contributed by atoms with Gasteiger partial charge in [0.25, 0.3) is 0 Å². The van der Waals surface area contributed by atoms with Gasteiger partial charge in [-0.05, 0) is 37.5 Å². The van der Waals surface area contributed by atoms with E-state index in [1.54, 1.807) is 0 Å². The molecule has 24 heavy (non-hydrogen) atoms. The fraction of sp³-hybridized carbons (Fsp3) is 0.778. The molecule has 0 amide bonds. The third-order valence-electron chi connectivity index (χ3n) is 4.28. The van der Waals surface area contributed by atoms with Crippen LogP contribution in [0.2, 0.25) is 0 Å². The third kappa shape index (κ3) is 6.26. The van der Waals surface area contributed by atoms with Crippen molar-refractivity contribution in [3.63, 3.8) is 0 Å². The van der Waals surface area contributed by atoms with Crippen LogP contribution in [0.25, 0.3) is 0 Å². The Morgan fingerprint density at radius 1 is 1.42 bits per heavy atom. The molecule has 5 nitrogen and oxygen atoms in total. The zero-order chi connectivity index (χ0) is 16.8. The summed E-state index contributed by atoms with van der Waals surface area (Å²) in [6.07, 6.45) is 2.57. The fourth-order valence-corrected chi connectivity index (χ4v) is 3.14. The molecule has 0 spiro atoms. The first-order valence-corrected chi connectivity index (χ1v) is 8.98. The van der Waals surface area contributed by atoms with E-state index in [0.717, 1.165) is 48.9 Å². The fourth-order valence-electron chi connectivity index (χ4n) is 3.14. The molecule has 0 aromatic carbocycles. The van der Waals surface area contributed by atoms with E-state index >= 15 is 0 Å². The molecule has 1 aromatic rings. The Morgan fingerprint density at radius 3 is 2.75 bits per heavy atom. The maximum atomic E-state index is 5.39. The Kier molecular flexibility index (Phi) is 9.08. The minimum Gasteiger partial charge on any atom is -0.359 e. The molecule has 1 atom stereocenters. The zero-order valence-electron chi connectivity index (χ0n) is 15.7. The first kappa shape index (κ1) is 21.3. The summed E-state index contributed by atoms with van der Waals surface area (Å²) in [7, 11) is 0. The molecule has 1 fully saturated rings. The van der Waals surface area contributed by atoms with E-state index in [0.29, 0.717) is 12.5 Å². The summed E-state index contributed by atoms with van der Waals surface area (Å²) in [6.45, 7) is 14.6. The van der Waals surface area contributed by atoms with Gasteiger partial charge in [-0.25, -0.2) is 4.99 Å². The van der Waals surface area contributed by atoms with Gasteiger partial charge in [0, 0.05) is 25.7 Å². The Morgan fingerprint density at radius 2 is 2.17 bits per heavy atom. The topological polar surface area (TPSA) is 53.7 Å². The lowest BCUT2D eigenvalue weighted by Crippen LogP contribution is -2.40. The van der Waals surface area contributed by atoms with Crippen LogP contribution >= 0.6 is 24.0 Å². The van der Waals surface area contributed by atoms with Gasteiger partial charge in [-0.15, -0.1) is 24.0 Å². The summed E-state index contributed by atoms with van der Waals surface area (Å²) in [5, 5.41) is 7.52. The molecule has 0 aliphatic carbocycles. The highest BCUT2D eigenvalue weighted by Gasteiger charge is 2.25. The molecule has 0 radical (unpaired) electrons. The Bertz CT molecular complexity index is 513. The van der Waals surface area contributed by atoms with Gasteiger partial charge < -0.3 is 14.7 Å². The summed E-state index contributed by atoms with van der Waals surface area (Å²) in [4.78, 5) is 7.13. The Labute approximate surface area is 163 Å². The average Bonchev–Trinajstić information content (AvgIpc) is 3.12. The summed E-state index contributed by atoms with van der Waals surface area (Å²) in [5.41, 5.74) is 0.998. The second-order valence-electron chi connectivity index (χ2n) is 7.27. The average molecular weight is 448 g/mol. The van der Waals surface area contributed by atoms with Crippen LogP contribution in [0.3, 0.4) is 0 Å². The lowest BCUT2D eigenvalue weighted by molar-refractivity contribution is 0.374. The number of hydrogen-bond acceptors (Lipinski definition) is 3. The van der Waals surface area contributed by atoms with Gasteiger partial charge in [0.05, 0.1) is 5.69 Å². The van der Waals surface area contributed by atoms with E-state index in [1.807, 2.05) is 6.07 Å². The number of rotatable bonds is 6. The molecule has 1 unspecified atom stereocenters. The van der Waals surface area contributed by atoms with Crippen LogP contribution in [0, 0.1) is 11.8 Å². The van der Waals surface area contributed by atoms with Crippen LogP contribution in [0.1, 0.15) is 64.8 Å². The summed E-state index contributed by atoms with van der Waals surface area (Å²) >= 11 is 0. The largest absolute Gasteiger partial charge is 0.359 e. The van der Waals surface area contributed by atoms with E-state index in [2.05, 4.69) is 50.0 Å². The van der Waals surface area contributed by atoms with E-state index < -0.39 is 0 Å². The molecule has 1 saturated heterocycles. The Balaban J connectivity index is 0.00000288. The molecule has 6 heteroatoms. The van der Waals surface area contributed by atoms with Crippen LogP contribution in [-0.2, 0) is 6.54 Å². The molecule has 1 aliphatic rings. The molecular weight excluding hydrogens is 415 g/mol. The van der Waals surface area contributed by atoms with Gasteiger partial charge >= 0.3 is 0 Å². The minimum atomic E-state index is 0. The minimum absolute atomic E-state index is 0. The number of likely N-dealkylation sites (tertiary alicyclic amines) is 1. The predicted molar refractivity (Wildman–Crippen MR) is 110 cm³/mol. The predicted octanol–water partition coefficient (Wildman–Crippen LogP) is 4.25. The molecular formula is C18H33IN4O. The molecule has 2 heterocycles. The normalized spacial score (nSPS) is 18.4. The molecule has 0 bridgehead atoms. The van der Waals surface area contributed by atoms with E-state index in [4.69, 9.17) is 9.52 Å². The SMILES string of the molecule is CCNC(=NCc1cc(C(C)C)no1)N1CCC(CC(C)C)C1.I. The van der Waals surface area contributed by atoms with Gasteiger partial charge in [0.15, 0.2) is 11.7 Å². The monoisotopic (exact) mass is 448 g/mol. The van der Waals surface area contributed by atoms with Crippen molar-refractivity contribution in [3.05, 3.63) is 17.5 Å². The first-order valence-electron chi connectivity index (χ1n) is 8.98. The van der Waals surface area contributed by atoms with Crippen molar-refractivity contribution in [2.75, 3.05) is 19.6 Å². The summed E-state index contributed by atoms with van der Waals surface area (Å²) in [6, 6.07) is 2.02. The highest BCUT2D eigenvalue weighted by molar-refractivity contribution is 14.0. The zero-order valence-corrected chi connectivity index (χ0v) is 18.0. The number of nitrogens with one attached hydrogen (secondary N) is 1. The second-order valence-corrected chi connectivity index (χ2v) is 7.27. The van der Waals surface area contributed by atoms with Crippen molar-refractivity contribution < 1.29 is 4.52 Å². The van der Waals surface area contributed by atoms with E-state index in [1.165, 1.54) is 12.8 Å². The van der Waals surface area contributed by atoms with Crippen molar-refractivity contribution >= 4 is 29.9 Å². The van der Waals surface area contributed by atoms with Crippen molar-refractivity contribution in [3.8, 4) is 0 Å². The van der Waals surface area contributed by atoms with Crippen LogP contribution < -0.4 is 5.32 Å². The van der Waals surface area contributed by atoms with Crippen molar-refractivity contribution in [2.24, 2.45) is 16.8 Å². The first-order chi connectivity index (χ1) is 11.0. The Hall–Kier alpha value is -0.790. The molecule has 1 N–H and O–H groups in total. The van der Waals surface area contributed by atoms with E-state index in [-0.39, 0.29) is 24.0 Å². The number of aliphatic imine (C=N–C) groups is 1. The van der Waals surface area contributed by atoms with Crippen LogP contribution in [-0.4, -0.2) is 35.7 Å². The molecule has 1 aromatic heterocycles. The standard InChI is InChI=1S/C18H32N4O.HI/c1-6-19-18(22-8-7-15(12-22)9-13(2)3)20-11-16-10-17(14(4)5)21-23-16;/h10,13-15H,6-9,11-12H2,1-5H3,(H,19,20);1H. The van der Waals surface area contributed by atoms with Crippen molar-refractivity contribution in [1.82, 2.24) is 15.4 Å². The third-order valence-corrected chi connectivity index (χ3v) is 4.28. The van der Waals surface area contributed by atoms with Crippen LogP contribution in [0.5, 0.6) is 0 Å². The van der Waals surface area contributed by atoms with Gasteiger partial charge in [-0.2, -0.15) is 0 Å². The number of aromatic nitrogens is 1.